The highest BCUT2D eigenvalue weighted by atomic mass is 16.4. The van der Waals surface area contributed by atoms with Crippen molar-refractivity contribution in [2.24, 2.45) is 5.92 Å². The summed E-state index contributed by atoms with van der Waals surface area (Å²) >= 11 is 0. The molecule has 6 heteroatoms. The molecule has 1 rings (SSSR count). The predicted molar refractivity (Wildman–Crippen MR) is 82.2 cm³/mol. The molecule has 0 fully saturated rings. The molecule has 3 N–H and O–H groups in total. The molecule has 1 aromatic rings. The van der Waals surface area contributed by atoms with Gasteiger partial charge in [-0.2, -0.15) is 0 Å². The molecule has 6 nitrogen and oxygen atoms in total. The molecule has 0 aliphatic carbocycles. The Morgan fingerprint density at radius 2 is 1.64 bits per heavy atom. The third-order valence-electron chi connectivity index (χ3n) is 3.21. The second kappa shape index (κ2) is 8.17. The molecule has 0 saturated heterocycles. The first kappa shape index (κ1) is 17.7. The lowest BCUT2D eigenvalue weighted by molar-refractivity contribution is -0.143. The van der Waals surface area contributed by atoms with Gasteiger partial charge in [0.1, 0.15) is 12.1 Å². The third-order valence-corrected chi connectivity index (χ3v) is 3.21. The van der Waals surface area contributed by atoms with Crippen LogP contribution in [0.25, 0.3) is 0 Å². The van der Waals surface area contributed by atoms with Crippen molar-refractivity contribution in [1.82, 2.24) is 10.6 Å². The number of carboxylic acid groups (broad SMARTS) is 1. The third kappa shape index (κ3) is 5.55. The molecule has 0 spiro atoms. The maximum atomic E-state index is 12.0. The molecule has 0 aliphatic rings. The van der Waals surface area contributed by atoms with Gasteiger partial charge >= 0.3 is 5.97 Å². The van der Waals surface area contributed by atoms with Crippen LogP contribution in [0.1, 0.15) is 26.3 Å². The van der Waals surface area contributed by atoms with E-state index < -0.39 is 24.0 Å². The van der Waals surface area contributed by atoms with Gasteiger partial charge in [0.2, 0.25) is 11.8 Å². The maximum Gasteiger partial charge on any atom is 0.326 e. The van der Waals surface area contributed by atoms with Crippen LogP contribution in [0.2, 0.25) is 0 Å². The maximum absolute atomic E-state index is 12.0. The highest BCUT2D eigenvalue weighted by Gasteiger charge is 2.26. The van der Waals surface area contributed by atoms with Crippen molar-refractivity contribution in [3.05, 3.63) is 35.9 Å². The first-order valence-electron chi connectivity index (χ1n) is 7.17. The minimum Gasteiger partial charge on any atom is -0.480 e. The van der Waals surface area contributed by atoms with E-state index in [4.69, 9.17) is 5.11 Å². The van der Waals surface area contributed by atoms with Crippen molar-refractivity contribution in [3.8, 4) is 0 Å². The molecule has 2 unspecified atom stereocenters. The molecule has 0 radical (unpaired) electrons. The van der Waals surface area contributed by atoms with Gasteiger partial charge in [0.05, 0.1) is 6.42 Å². The summed E-state index contributed by atoms with van der Waals surface area (Å²) in [6.07, 6.45) is 0.172. The summed E-state index contributed by atoms with van der Waals surface area (Å²) in [6, 6.07) is 7.40. The van der Waals surface area contributed by atoms with Gasteiger partial charge in [-0.25, -0.2) is 4.79 Å². The molecular formula is C16H22N2O4. The van der Waals surface area contributed by atoms with Crippen LogP contribution < -0.4 is 10.6 Å². The molecule has 0 aliphatic heterocycles. The Labute approximate surface area is 129 Å². The average molecular weight is 306 g/mol. The van der Waals surface area contributed by atoms with Crippen molar-refractivity contribution >= 4 is 17.8 Å². The highest BCUT2D eigenvalue weighted by molar-refractivity contribution is 5.90. The van der Waals surface area contributed by atoms with Crippen molar-refractivity contribution < 1.29 is 19.5 Å². The smallest absolute Gasteiger partial charge is 0.326 e. The van der Waals surface area contributed by atoms with E-state index in [1.54, 1.807) is 13.8 Å². The topological polar surface area (TPSA) is 95.5 Å². The van der Waals surface area contributed by atoms with E-state index in [0.29, 0.717) is 0 Å². The molecule has 2 amide bonds. The van der Waals surface area contributed by atoms with Crippen molar-refractivity contribution in [3.63, 3.8) is 0 Å². The molecular weight excluding hydrogens is 284 g/mol. The fourth-order valence-electron chi connectivity index (χ4n) is 1.93. The van der Waals surface area contributed by atoms with E-state index >= 15 is 0 Å². The Hall–Kier alpha value is -2.37. The molecule has 0 heterocycles. The minimum atomic E-state index is -1.09. The second-order valence-corrected chi connectivity index (χ2v) is 5.52. The zero-order valence-electron chi connectivity index (χ0n) is 13.0. The summed E-state index contributed by atoms with van der Waals surface area (Å²) in [5.41, 5.74) is 0.846. The Kier molecular flexibility index (Phi) is 6.56. The lowest BCUT2D eigenvalue weighted by atomic mass is 10.0. The highest BCUT2D eigenvalue weighted by Crippen LogP contribution is 2.03. The predicted octanol–water partition coefficient (Wildman–Crippen LogP) is 0.959. The molecule has 0 bridgehead atoms. The van der Waals surface area contributed by atoms with Gasteiger partial charge in [0.25, 0.3) is 0 Å². The van der Waals surface area contributed by atoms with E-state index in [9.17, 15) is 14.4 Å². The number of amides is 2. The molecule has 22 heavy (non-hydrogen) atoms. The first-order chi connectivity index (χ1) is 10.3. The first-order valence-corrected chi connectivity index (χ1v) is 7.17. The summed E-state index contributed by atoms with van der Waals surface area (Å²) in [7, 11) is 0. The van der Waals surface area contributed by atoms with Gasteiger partial charge in [-0.05, 0) is 18.4 Å². The number of nitrogens with one attached hydrogen (secondary N) is 2. The normalized spacial score (nSPS) is 13.3. The molecule has 0 aromatic heterocycles. The van der Waals surface area contributed by atoms with Crippen LogP contribution in [0.4, 0.5) is 0 Å². The Morgan fingerprint density at radius 1 is 1.05 bits per heavy atom. The number of carboxylic acids is 1. The van der Waals surface area contributed by atoms with Crippen LogP contribution in [0.5, 0.6) is 0 Å². The van der Waals surface area contributed by atoms with Crippen LogP contribution in [-0.4, -0.2) is 35.0 Å². The fraction of sp³-hybridized carbons (Fsp3) is 0.438. The van der Waals surface area contributed by atoms with E-state index in [0.717, 1.165) is 5.56 Å². The summed E-state index contributed by atoms with van der Waals surface area (Å²) in [5, 5.41) is 14.0. The SMILES string of the molecule is CC(NC(=O)Cc1ccccc1)C(=O)NC(C(=O)O)C(C)C. The van der Waals surface area contributed by atoms with Crippen LogP contribution in [0, 0.1) is 5.92 Å². The van der Waals surface area contributed by atoms with Crippen LogP contribution >= 0.6 is 0 Å². The van der Waals surface area contributed by atoms with Gasteiger partial charge in [0.15, 0.2) is 0 Å². The van der Waals surface area contributed by atoms with Gasteiger partial charge in [-0.1, -0.05) is 44.2 Å². The number of hydrogen-bond donors (Lipinski definition) is 3. The second-order valence-electron chi connectivity index (χ2n) is 5.52. The number of rotatable bonds is 7. The number of aliphatic carboxylic acids is 1. The standard InChI is InChI=1S/C16H22N2O4/c1-10(2)14(16(21)22)18-15(20)11(3)17-13(19)9-12-7-5-4-6-8-12/h4-8,10-11,14H,9H2,1-3H3,(H,17,19)(H,18,20)(H,21,22). The van der Waals surface area contributed by atoms with Gasteiger partial charge in [0, 0.05) is 0 Å². The van der Waals surface area contributed by atoms with Gasteiger partial charge in [-0.15, -0.1) is 0 Å². The summed E-state index contributed by atoms with van der Waals surface area (Å²) < 4.78 is 0. The van der Waals surface area contributed by atoms with E-state index in [-0.39, 0.29) is 18.2 Å². The molecule has 2 atom stereocenters. The van der Waals surface area contributed by atoms with Gasteiger partial charge in [-0.3, -0.25) is 9.59 Å². The van der Waals surface area contributed by atoms with E-state index in [1.807, 2.05) is 30.3 Å². The number of benzene rings is 1. The monoisotopic (exact) mass is 306 g/mol. The summed E-state index contributed by atoms with van der Waals surface area (Å²) in [5.74, 6) is -2.13. The quantitative estimate of drug-likeness (QED) is 0.699. The van der Waals surface area contributed by atoms with E-state index in [1.165, 1.54) is 6.92 Å². The lowest BCUT2D eigenvalue weighted by Crippen LogP contribution is -2.52. The lowest BCUT2D eigenvalue weighted by Gasteiger charge is -2.21. The van der Waals surface area contributed by atoms with Crippen LogP contribution in [-0.2, 0) is 20.8 Å². The Bertz CT molecular complexity index is 528. The van der Waals surface area contributed by atoms with Crippen LogP contribution in [0.3, 0.4) is 0 Å². The minimum absolute atomic E-state index is 0.172. The zero-order valence-corrected chi connectivity index (χ0v) is 13.0. The number of hydrogen-bond acceptors (Lipinski definition) is 3. The van der Waals surface area contributed by atoms with Crippen molar-refractivity contribution in [2.45, 2.75) is 39.3 Å². The molecule has 0 saturated carbocycles. The van der Waals surface area contributed by atoms with E-state index in [2.05, 4.69) is 10.6 Å². The Morgan fingerprint density at radius 3 is 2.14 bits per heavy atom. The van der Waals surface area contributed by atoms with Crippen molar-refractivity contribution in [2.75, 3.05) is 0 Å². The number of carbonyl (C=O) groups is 3. The van der Waals surface area contributed by atoms with Gasteiger partial charge < -0.3 is 15.7 Å². The largest absolute Gasteiger partial charge is 0.480 e. The molecule has 1 aromatic carbocycles. The average Bonchev–Trinajstić information content (AvgIpc) is 2.44. The van der Waals surface area contributed by atoms with Crippen LogP contribution in [0.15, 0.2) is 30.3 Å². The van der Waals surface area contributed by atoms with Crippen molar-refractivity contribution in [1.29, 1.82) is 0 Å². The fourth-order valence-corrected chi connectivity index (χ4v) is 1.93. The zero-order chi connectivity index (χ0) is 16.7. The molecule has 120 valence electrons. The number of carbonyl (C=O) groups excluding carboxylic acids is 2. The summed E-state index contributed by atoms with van der Waals surface area (Å²) in [6.45, 7) is 4.94. The Balaban J connectivity index is 2.53. The summed E-state index contributed by atoms with van der Waals surface area (Å²) in [4.78, 5) is 34.9.